The fourth-order valence-corrected chi connectivity index (χ4v) is 2.14. The number of hydrogen-bond donors (Lipinski definition) is 3. The van der Waals surface area contributed by atoms with Gasteiger partial charge in [-0.1, -0.05) is 12.1 Å². The van der Waals surface area contributed by atoms with Gasteiger partial charge in [0.1, 0.15) is 5.75 Å². The van der Waals surface area contributed by atoms with E-state index >= 15 is 0 Å². The summed E-state index contributed by atoms with van der Waals surface area (Å²) in [7, 11) is 0. The summed E-state index contributed by atoms with van der Waals surface area (Å²) >= 11 is 0. The average molecular weight is 301 g/mol. The Morgan fingerprint density at radius 1 is 1.32 bits per heavy atom. The van der Waals surface area contributed by atoms with Crippen molar-refractivity contribution in [3.05, 3.63) is 35.5 Å². The number of nitrogens with two attached hydrogens (primary N) is 2. The van der Waals surface area contributed by atoms with Crippen LogP contribution in [0.2, 0.25) is 0 Å². The summed E-state index contributed by atoms with van der Waals surface area (Å²) in [6.45, 7) is 5.56. The van der Waals surface area contributed by atoms with Crippen LogP contribution < -0.4 is 21.7 Å². The van der Waals surface area contributed by atoms with Crippen LogP contribution in [0.4, 0.5) is 5.95 Å². The third-order valence-corrected chi connectivity index (χ3v) is 2.94. The van der Waals surface area contributed by atoms with Crippen LogP contribution >= 0.6 is 0 Å². The van der Waals surface area contributed by atoms with Gasteiger partial charge in [-0.25, -0.2) is 15.8 Å². The predicted molar refractivity (Wildman–Crippen MR) is 84.0 cm³/mol. The zero-order valence-electron chi connectivity index (χ0n) is 12.8. The van der Waals surface area contributed by atoms with E-state index in [-0.39, 0.29) is 12.1 Å². The second-order valence-corrected chi connectivity index (χ2v) is 5.06. The van der Waals surface area contributed by atoms with Crippen LogP contribution in [-0.4, -0.2) is 22.0 Å². The van der Waals surface area contributed by atoms with Gasteiger partial charge in [-0.3, -0.25) is 10.2 Å². The molecule has 2 rings (SSSR count). The van der Waals surface area contributed by atoms with Crippen LogP contribution in [0.3, 0.4) is 0 Å². The van der Waals surface area contributed by atoms with Crippen LogP contribution in [0.5, 0.6) is 5.75 Å². The number of hydrazine groups is 1. The van der Waals surface area contributed by atoms with E-state index in [1.807, 2.05) is 32.0 Å². The maximum Gasteiger partial charge on any atom is 0.269 e. The molecule has 0 atom stereocenters. The molecule has 22 heavy (non-hydrogen) atoms. The molecule has 1 aromatic carbocycles. The summed E-state index contributed by atoms with van der Waals surface area (Å²) in [5, 5.41) is 0. The van der Waals surface area contributed by atoms with Crippen molar-refractivity contribution in [2.75, 3.05) is 5.73 Å². The summed E-state index contributed by atoms with van der Waals surface area (Å²) in [5.74, 6) is 5.55. The summed E-state index contributed by atoms with van der Waals surface area (Å²) in [6.07, 6.45) is 0.0410. The van der Waals surface area contributed by atoms with Crippen molar-refractivity contribution < 1.29 is 9.53 Å². The molecule has 7 heteroatoms. The number of anilines is 1. The molecule has 0 saturated carbocycles. The highest BCUT2D eigenvalue weighted by Crippen LogP contribution is 2.27. The third-order valence-electron chi connectivity index (χ3n) is 2.94. The van der Waals surface area contributed by atoms with Crippen molar-refractivity contribution in [1.29, 1.82) is 0 Å². The van der Waals surface area contributed by atoms with E-state index in [4.69, 9.17) is 16.3 Å². The molecule has 0 saturated heterocycles. The number of aromatic nitrogens is 2. The van der Waals surface area contributed by atoms with E-state index in [9.17, 15) is 4.79 Å². The summed E-state index contributed by atoms with van der Waals surface area (Å²) in [6, 6.07) is 7.28. The lowest BCUT2D eigenvalue weighted by molar-refractivity contribution is 0.0953. The van der Waals surface area contributed by atoms with Gasteiger partial charge >= 0.3 is 0 Å². The van der Waals surface area contributed by atoms with Gasteiger partial charge in [0.25, 0.3) is 5.91 Å². The quantitative estimate of drug-likeness (QED) is 0.447. The van der Waals surface area contributed by atoms with Crippen LogP contribution in [0.25, 0.3) is 11.3 Å². The zero-order valence-corrected chi connectivity index (χ0v) is 12.8. The van der Waals surface area contributed by atoms with Crippen molar-refractivity contribution in [3.63, 3.8) is 0 Å². The fourth-order valence-electron chi connectivity index (χ4n) is 2.14. The summed E-state index contributed by atoms with van der Waals surface area (Å²) in [4.78, 5) is 20.2. The molecule has 7 nitrogen and oxygen atoms in total. The minimum atomic E-state index is -0.470. The lowest BCUT2D eigenvalue weighted by Gasteiger charge is -2.13. The zero-order chi connectivity index (χ0) is 16.3. The Hall–Kier alpha value is -2.67. The molecule has 0 aliphatic heterocycles. The first kappa shape index (κ1) is 15.7. The normalized spacial score (nSPS) is 10.6. The summed E-state index contributed by atoms with van der Waals surface area (Å²) < 4.78 is 5.66. The van der Waals surface area contributed by atoms with Crippen molar-refractivity contribution in [2.24, 2.45) is 5.84 Å². The molecule has 0 aliphatic carbocycles. The number of nitrogen functional groups attached to an aromatic ring is 2. The van der Waals surface area contributed by atoms with Crippen molar-refractivity contribution in [1.82, 2.24) is 15.4 Å². The van der Waals surface area contributed by atoms with Crippen molar-refractivity contribution in [2.45, 2.75) is 26.9 Å². The van der Waals surface area contributed by atoms with E-state index in [0.29, 0.717) is 28.3 Å². The van der Waals surface area contributed by atoms with Crippen molar-refractivity contribution >= 4 is 11.9 Å². The van der Waals surface area contributed by atoms with Gasteiger partial charge in [-0.15, -0.1) is 0 Å². The molecule has 5 N–H and O–H groups in total. The Labute approximate surface area is 128 Å². The lowest BCUT2D eigenvalue weighted by Crippen LogP contribution is -2.31. The fraction of sp³-hybridized carbons (Fsp3) is 0.267. The van der Waals surface area contributed by atoms with E-state index in [2.05, 4.69) is 15.4 Å². The molecule has 0 aliphatic rings. The van der Waals surface area contributed by atoms with Gasteiger partial charge in [0.05, 0.1) is 23.1 Å². The van der Waals surface area contributed by atoms with Crippen LogP contribution in [0.15, 0.2) is 24.3 Å². The molecule has 0 fully saturated rings. The number of ether oxygens (including phenoxy) is 1. The van der Waals surface area contributed by atoms with E-state index in [1.54, 1.807) is 13.0 Å². The Morgan fingerprint density at radius 2 is 2.05 bits per heavy atom. The number of rotatable bonds is 4. The Morgan fingerprint density at radius 3 is 2.68 bits per heavy atom. The molecule has 0 spiro atoms. The monoisotopic (exact) mass is 301 g/mol. The molecule has 116 valence electrons. The molecular weight excluding hydrogens is 282 g/mol. The van der Waals surface area contributed by atoms with Gasteiger partial charge < -0.3 is 10.5 Å². The average Bonchev–Trinajstić information content (AvgIpc) is 2.45. The van der Waals surface area contributed by atoms with Crippen LogP contribution in [0.1, 0.15) is 29.9 Å². The van der Waals surface area contributed by atoms with Crippen molar-refractivity contribution in [3.8, 4) is 17.0 Å². The molecule has 1 amide bonds. The molecule has 0 bridgehead atoms. The molecule has 1 aromatic heterocycles. The van der Waals surface area contributed by atoms with E-state index in [0.717, 1.165) is 0 Å². The molecule has 1 heterocycles. The second kappa shape index (κ2) is 6.40. The number of nitrogens with one attached hydrogen (secondary N) is 1. The van der Waals surface area contributed by atoms with Crippen LogP contribution in [-0.2, 0) is 0 Å². The largest absolute Gasteiger partial charge is 0.491 e. The highest BCUT2D eigenvalue weighted by atomic mass is 16.5. The SMILES string of the molecule is Cc1nc(N)nc(-c2cccc(OC(C)C)c2)c1C(=O)NN. The standard InChI is InChI=1S/C15H19N5O2/c1-8(2)22-11-6-4-5-10(7-11)13-12(14(21)20-17)9(3)18-15(16)19-13/h4-8H,17H2,1-3H3,(H,20,21)(H2,16,18,19). The smallest absolute Gasteiger partial charge is 0.269 e. The van der Waals surface area contributed by atoms with E-state index in [1.165, 1.54) is 0 Å². The van der Waals surface area contributed by atoms with Gasteiger partial charge in [0.2, 0.25) is 5.95 Å². The Bertz CT molecular complexity index is 700. The lowest BCUT2D eigenvalue weighted by atomic mass is 10.0. The number of carbonyl (C=O) groups excluding carboxylic acids is 1. The van der Waals surface area contributed by atoms with Crippen LogP contribution in [0, 0.1) is 6.92 Å². The highest BCUT2D eigenvalue weighted by molar-refractivity contribution is 6.00. The minimum absolute atomic E-state index is 0.0410. The van der Waals surface area contributed by atoms with Gasteiger partial charge in [0, 0.05) is 5.56 Å². The Balaban J connectivity index is 2.58. The maximum absolute atomic E-state index is 12.0. The first-order chi connectivity index (χ1) is 10.4. The van der Waals surface area contributed by atoms with Gasteiger partial charge in [-0.05, 0) is 32.9 Å². The van der Waals surface area contributed by atoms with E-state index < -0.39 is 5.91 Å². The predicted octanol–water partition coefficient (Wildman–Crippen LogP) is 1.42. The number of benzene rings is 1. The topological polar surface area (TPSA) is 116 Å². The maximum atomic E-state index is 12.0. The van der Waals surface area contributed by atoms with Gasteiger partial charge in [-0.2, -0.15) is 0 Å². The number of amides is 1. The number of aryl methyl sites for hydroxylation is 1. The molecule has 0 unspecified atom stereocenters. The number of carbonyl (C=O) groups is 1. The Kier molecular flexibility index (Phi) is 4.57. The molecule has 2 aromatic rings. The number of nitrogens with zero attached hydrogens (tertiary/aromatic N) is 2. The summed E-state index contributed by atoms with van der Waals surface area (Å²) in [5.41, 5.74) is 9.69. The molecule has 0 radical (unpaired) electrons. The first-order valence-corrected chi connectivity index (χ1v) is 6.84. The first-order valence-electron chi connectivity index (χ1n) is 6.84. The third kappa shape index (κ3) is 3.32. The highest BCUT2D eigenvalue weighted by Gasteiger charge is 2.19. The van der Waals surface area contributed by atoms with Gasteiger partial charge in [0.15, 0.2) is 0 Å². The minimum Gasteiger partial charge on any atom is -0.491 e. The second-order valence-electron chi connectivity index (χ2n) is 5.06. The number of hydrogen-bond acceptors (Lipinski definition) is 6. The molecular formula is C15H19N5O2.